The Morgan fingerprint density at radius 2 is 2.32 bits per heavy atom. The number of carbonyl (C=O) groups is 1. The number of carbonyl (C=O) groups excluding carboxylic acids is 1. The third kappa shape index (κ3) is 3.37. The van der Waals surface area contributed by atoms with Crippen LogP contribution in [0.2, 0.25) is 5.02 Å². The van der Waals surface area contributed by atoms with Crippen LogP contribution in [0, 0.1) is 5.92 Å². The average molecular weight is 281 g/mol. The number of rotatable bonds is 4. The summed E-state index contributed by atoms with van der Waals surface area (Å²) >= 11 is 5.96. The smallest absolute Gasteiger partial charge is 0.168 e. The first-order chi connectivity index (χ1) is 9.05. The van der Waals surface area contributed by atoms with Gasteiger partial charge in [0, 0.05) is 18.6 Å². The Labute approximate surface area is 120 Å². The highest BCUT2D eigenvalue weighted by atomic mass is 35.5. The van der Waals surface area contributed by atoms with Crippen molar-refractivity contribution in [1.29, 1.82) is 0 Å². The Morgan fingerprint density at radius 1 is 1.53 bits per heavy atom. The Bertz CT molecular complexity index is 458. The molecule has 0 amide bonds. The van der Waals surface area contributed by atoms with Gasteiger partial charge in [-0.15, -0.1) is 0 Å². The quantitative estimate of drug-likeness (QED) is 0.832. The van der Waals surface area contributed by atoms with Gasteiger partial charge in [-0.1, -0.05) is 37.1 Å². The van der Waals surface area contributed by atoms with Crippen LogP contribution in [0.3, 0.4) is 0 Å². The zero-order chi connectivity index (χ0) is 13.9. The summed E-state index contributed by atoms with van der Waals surface area (Å²) in [4.78, 5) is 12.6. The van der Waals surface area contributed by atoms with Crippen LogP contribution in [0.1, 0.15) is 38.2 Å². The topological polar surface area (TPSA) is 26.3 Å². The number of Topliss-reactive ketones (excluding diaryl/α,β-unsaturated/α-hetero) is 1. The van der Waals surface area contributed by atoms with Crippen molar-refractivity contribution in [1.82, 2.24) is 0 Å². The molecule has 0 bridgehead atoms. The number of ether oxygens (including phenoxy) is 1. The number of hydrogen-bond donors (Lipinski definition) is 0. The maximum Gasteiger partial charge on any atom is 0.168 e. The molecule has 0 aliphatic heterocycles. The molecule has 0 aromatic heterocycles. The summed E-state index contributed by atoms with van der Waals surface area (Å²) in [6.45, 7) is 2.19. The lowest BCUT2D eigenvalue weighted by atomic mass is 9.75. The van der Waals surface area contributed by atoms with E-state index in [1.807, 2.05) is 24.3 Å². The second kappa shape index (κ2) is 6.06. The van der Waals surface area contributed by atoms with E-state index in [-0.39, 0.29) is 5.78 Å². The maximum absolute atomic E-state index is 12.6. The van der Waals surface area contributed by atoms with E-state index in [1.54, 1.807) is 7.11 Å². The molecule has 1 aromatic rings. The molecule has 0 radical (unpaired) electrons. The summed E-state index contributed by atoms with van der Waals surface area (Å²) in [5.41, 5.74) is 0.382. The number of ketones is 1. The second-order valence-corrected chi connectivity index (χ2v) is 6.07. The van der Waals surface area contributed by atoms with Gasteiger partial charge < -0.3 is 4.74 Å². The van der Waals surface area contributed by atoms with E-state index in [4.69, 9.17) is 16.3 Å². The molecule has 0 heterocycles. The summed E-state index contributed by atoms with van der Waals surface area (Å²) in [6.07, 6.45) is 4.34. The van der Waals surface area contributed by atoms with Crippen LogP contribution in [0.25, 0.3) is 0 Å². The molecule has 3 heteroatoms. The third-order valence-corrected chi connectivity index (χ3v) is 4.34. The van der Waals surface area contributed by atoms with Crippen molar-refractivity contribution in [2.75, 3.05) is 7.11 Å². The van der Waals surface area contributed by atoms with E-state index in [0.29, 0.717) is 17.4 Å². The lowest BCUT2D eigenvalue weighted by Gasteiger charge is -2.37. The first kappa shape index (κ1) is 14.5. The molecular formula is C16H21ClO2. The van der Waals surface area contributed by atoms with Gasteiger partial charge in [0.15, 0.2) is 5.78 Å². The van der Waals surface area contributed by atoms with Gasteiger partial charge >= 0.3 is 0 Å². The van der Waals surface area contributed by atoms with Crippen LogP contribution in [-0.4, -0.2) is 18.5 Å². The molecule has 2 rings (SSSR count). The monoisotopic (exact) mass is 280 g/mol. The lowest BCUT2D eigenvalue weighted by Crippen LogP contribution is -2.45. The minimum absolute atomic E-state index is 0.184. The van der Waals surface area contributed by atoms with Gasteiger partial charge in [-0.2, -0.15) is 0 Å². The van der Waals surface area contributed by atoms with Crippen LogP contribution in [0.5, 0.6) is 0 Å². The Hall–Kier alpha value is -0.860. The van der Waals surface area contributed by atoms with Gasteiger partial charge in [0.05, 0.1) is 0 Å². The van der Waals surface area contributed by atoms with Crippen LogP contribution >= 0.6 is 11.6 Å². The largest absolute Gasteiger partial charge is 0.370 e. The average Bonchev–Trinajstić information content (AvgIpc) is 2.38. The Morgan fingerprint density at radius 3 is 2.95 bits per heavy atom. The zero-order valence-electron chi connectivity index (χ0n) is 11.6. The van der Waals surface area contributed by atoms with Crippen LogP contribution in [0.4, 0.5) is 0 Å². The van der Waals surface area contributed by atoms with E-state index in [9.17, 15) is 4.79 Å². The normalized spacial score (nSPS) is 27.2. The Balaban J connectivity index is 2.13. The van der Waals surface area contributed by atoms with Crippen LogP contribution in [-0.2, 0) is 16.0 Å². The van der Waals surface area contributed by atoms with E-state index in [0.717, 1.165) is 24.8 Å². The van der Waals surface area contributed by atoms with E-state index in [1.165, 1.54) is 6.42 Å². The highest BCUT2D eigenvalue weighted by Gasteiger charge is 2.41. The predicted molar refractivity (Wildman–Crippen MR) is 77.5 cm³/mol. The molecule has 2 unspecified atom stereocenters. The van der Waals surface area contributed by atoms with Gasteiger partial charge in [-0.25, -0.2) is 0 Å². The van der Waals surface area contributed by atoms with Crippen LogP contribution in [0.15, 0.2) is 24.3 Å². The summed E-state index contributed by atoms with van der Waals surface area (Å²) in [5.74, 6) is 0.737. The van der Waals surface area contributed by atoms with Gasteiger partial charge in [0.1, 0.15) is 5.60 Å². The van der Waals surface area contributed by atoms with Crippen molar-refractivity contribution in [2.24, 2.45) is 5.92 Å². The van der Waals surface area contributed by atoms with Gasteiger partial charge in [-0.3, -0.25) is 4.79 Å². The zero-order valence-corrected chi connectivity index (χ0v) is 12.4. The van der Waals surface area contributed by atoms with Crippen molar-refractivity contribution in [2.45, 2.75) is 44.6 Å². The number of benzene rings is 1. The molecule has 19 heavy (non-hydrogen) atoms. The first-order valence-corrected chi connectivity index (χ1v) is 7.26. The van der Waals surface area contributed by atoms with Crippen LogP contribution < -0.4 is 0 Å². The predicted octanol–water partition coefficient (Wildman–Crippen LogP) is 4.05. The van der Waals surface area contributed by atoms with Crippen molar-refractivity contribution < 1.29 is 9.53 Å². The highest BCUT2D eigenvalue weighted by Crippen LogP contribution is 2.36. The fourth-order valence-corrected chi connectivity index (χ4v) is 3.26. The summed E-state index contributed by atoms with van der Waals surface area (Å²) in [7, 11) is 1.66. The Kier molecular flexibility index (Phi) is 4.64. The maximum atomic E-state index is 12.6. The van der Waals surface area contributed by atoms with Crippen molar-refractivity contribution >= 4 is 17.4 Å². The van der Waals surface area contributed by atoms with Gasteiger partial charge in [0.25, 0.3) is 0 Å². The fraction of sp³-hybridized carbons (Fsp3) is 0.562. The molecule has 1 saturated carbocycles. The molecule has 1 fully saturated rings. The molecule has 0 N–H and O–H groups in total. The van der Waals surface area contributed by atoms with Gasteiger partial charge in [0.2, 0.25) is 0 Å². The second-order valence-electron chi connectivity index (χ2n) is 5.63. The number of hydrogen-bond acceptors (Lipinski definition) is 2. The molecule has 1 aromatic carbocycles. The molecular weight excluding hydrogens is 260 g/mol. The molecule has 2 atom stereocenters. The van der Waals surface area contributed by atoms with Crippen molar-refractivity contribution in [3.05, 3.63) is 34.9 Å². The summed E-state index contributed by atoms with van der Waals surface area (Å²) < 4.78 is 5.63. The van der Waals surface area contributed by atoms with Gasteiger partial charge in [-0.05, 0) is 42.9 Å². The molecule has 1 aliphatic carbocycles. The minimum atomic E-state index is -0.583. The lowest BCUT2D eigenvalue weighted by molar-refractivity contribution is -0.146. The van der Waals surface area contributed by atoms with Crippen molar-refractivity contribution in [3.63, 3.8) is 0 Å². The van der Waals surface area contributed by atoms with E-state index in [2.05, 4.69) is 6.92 Å². The molecule has 0 saturated heterocycles. The number of methoxy groups -OCH3 is 1. The standard InChI is InChI=1S/C16H21ClO2/c1-12-5-4-8-16(11-12,19-2)15(18)10-13-6-3-7-14(17)9-13/h3,6-7,9,12H,4-5,8,10-11H2,1-2H3. The van der Waals surface area contributed by atoms with E-state index < -0.39 is 5.60 Å². The first-order valence-electron chi connectivity index (χ1n) is 6.88. The minimum Gasteiger partial charge on any atom is -0.370 e. The fourth-order valence-electron chi connectivity index (χ4n) is 3.05. The number of halogens is 1. The summed E-state index contributed by atoms with van der Waals surface area (Å²) in [5, 5.41) is 0.675. The summed E-state index contributed by atoms with van der Waals surface area (Å²) in [6, 6.07) is 7.51. The highest BCUT2D eigenvalue weighted by molar-refractivity contribution is 6.30. The van der Waals surface area contributed by atoms with E-state index >= 15 is 0 Å². The molecule has 2 nitrogen and oxygen atoms in total. The molecule has 1 aliphatic rings. The molecule has 0 spiro atoms. The van der Waals surface area contributed by atoms with Crippen molar-refractivity contribution in [3.8, 4) is 0 Å². The SMILES string of the molecule is COC1(C(=O)Cc2cccc(Cl)c2)CCCC(C)C1. The molecule has 104 valence electrons. The third-order valence-electron chi connectivity index (χ3n) is 4.11.